The number of nitrogens with zero attached hydrogens (tertiary/aromatic N) is 9. The molecular weight excluding hydrogens is 1240 g/mol. The van der Waals surface area contributed by atoms with Crippen LogP contribution in [-0.2, 0) is 58.4 Å². The number of hydrogen-bond donors (Lipinski definition) is 3. The van der Waals surface area contributed by atoms with Gasteiger partial charge in [-0.1, -0.05) is 61.7 Å². The molecule has 0 atom stereocenters. The molecule has 4 aliphatic rings. The lowest BCUT2D eigenvalue weighted by Crippen LogP contribution is -2.37. The molecule has 3 saturated carbocycles. The van der Waals surface area contributed by atoms with E-state index in [-0.39, 0.29) is 57.6 Å². The smallest absolute Gasteiger partial charge is 0.410 e. The summed E-state index contributed by atoms with van der Waals surface area (Å²) in [5.74, 6) is -0.0254. The summed E-state index contributed by atoms with van der Waals surface area (Å²) in [5.41, 5.74) is -1.29. The highest BCUT2D eigenvalue weighted by Crippen LogP contribution is 2.36. The van der Waals surface area contributed by atoms with Crippen LogP contribution in [0.15, 0.2) is 53.6 Å². The predicted octanol–water partition coefficient (Wildman–Crippen LogP) is 13.2. The van der Waals surface area contributed by atoms with Gasteiger partial charge in [0.25, 0.3) is 0 Å². The van der Waals surface area contributed by atoms with Gasteiger partial charge in [-0.3, -0.25) is 4.79 Å². The number of benzene rings is 2. The van der Waals surface area contributed by atoms with Gasteiger partial charge >= 0.3 is 18.3 Å². The van der Waals surface area contributed by atoms with E-state index in [1.807, 2.05) is 62.3 Å². The highest BCUT2D eigenvalue weighted by atomic mass is 35.5. The molecule has 0 unspecified atom stereocenters. The van der Waals surface area contributed by atoms with Gasteiger partial charge in [-0.05, 0) is 156 Å². The highest BCUT2D eigenvalue weighted by Gasteiger charge is 2.36. The van der Waals surface area contributed by atoms with Crippen molar-refractivity contribution in [2.45, 2.75) is 238 Å². The Kier molecular flexibility index (Phi) is 27.2. The average Bonchev–Trinajstić information content (AvgIpc) is 2.09. The van der Waals surface area contributed by atoms with Crippen molar-refractivity contribution in [1.82, 2.24) is 39.3 Å². The van der Waals surface area contributed by atoms with Crippen LogP contribution in [0.25, 0.3) is 0 Å². The molecule has 3 fully saturated rings. The number of rotatable bonds is 21. The monoisotopic (exact) mass is 1340 g/mol. The van der Waals surface area contributed by atoms with Gasteiger partial charge in [0.15, 0.2) is 0 Å². The normalized spacial score (nSPS) is 16.6. The average molecular weight is 1340 g/mol. The van der Waals surface area contributed by atoms with Gasteiger partial charge in [0.1, 0.15) is 41.7 Å². The van der Waals surface area contributed by atoms with Crippen molar-refractivity contribution >= 4 is 65.5 Å². The van der Waals surface area contributed by atoms with Crippen LogP contribution in [0.2, 0.25) is 10.0 Å². The number of carbonyl (C=O) groups is 4. The van der Waals surface area contributed by atoms with Crippen molar-refractivity contribution in [3.63, 3.8) is 0 Å². The summed E-state index contributed by atoms with van der Waals surface area (Å²) in [6, 6.07) is 12.1. The van der Waals surface area contributed by atoms with E-state index < -0.39 is 63.5 Å². The first kappa shape index (κ1) is 75.7. The van der Waals surface area contributed by atoms with Crippen molar-refractivity contribution in [3.05, 3.63) is 92.7 Å². The lowest BCUT2D eigenvalue weighted by Gasteiger charge is -2.24. The third-order valence-corrected chi connectivity index (χ3v) is 16.0. The molecule has 4 amide bonds. The van der Waals surface area contributed by atoms with Crippen LogP contribution in [0.5, 0.6) is 11.8 Å². The highest BCUT2D eigenvalue weighted by molar-refractivity contribution is 6.30. The summed E-state index contributed by atoms with van der Waals surface area (Å²) >= 11 is 12.0. The third kappa shape index (κ3) is 25.1. The summed E-state index contributed by atoms with van der Waals surface area (Å²) in [4.78, 5) is 53.0. The Morgan fingerprint density at radius 3 is 1.22 bits per heavy atom. The molecule has 0 saturated heterocycles. The summed E-state index contributed by atoms with van der Waals surface area (Å²) in [5, 5.41) is 47.6. The topological polar surface area (TPSA) is 236 Å². The molecule has 91 heavy (non-hydrogen) atoms. The van der Waals surface area contributed by atoms with Gasteiger partial charge in [-0.2, -0.15) is 15.3 Å². The number of aryl methyl sites for hydroxylation is 2. The van der Waals surface area contributed by atoms with E-state index in [0.29, 0.717) is 88.9 Å². The van der Waals surface area contributed by atoms with Crippen molar-refractivity contribution in [2.75, 3.05) is 34.2 Å². The fourth-order valence-electron chi connectivity index (χ4n) is 10.8. The number of ether oxygens (including phenoxy) is 5. The Morgan fingerprint density at radius 1 is 0.549 bits per heavy atom. The fourth-order valence-corrected chi connectivity index (χ4v) is 11.2. The summed E-state index contributed by atoms with van der Waals surface area (Å²) < 4.78 is 59.5. The molecule has 3 heterocycles. The van der Waals surface area contributed by atoms with Crippen LogP contribution < -0.4 is 9.47 Å². The number of hydrogen-bond acceptors (Lipinski definition) is 15. The molecule has 2 aromatic heterocycles. The minimum absolute atomic E-state index is 0. The second kappa shape index (κ2) is 32.7. The summed E-state index contributed by atoms with van der Waals surface area (Å²) in [6.45, 7) is 18.2. The second-order valence-corrected chi connectivity index (χ2v) is 28.2. The largest absolute Gasteiger partial charge is 0.473 e. The van der Waals surface area contributed by atoms with E-state index in [2.05, 4.69) is 15.3 Å². The van der Waals surface area contributed by atoms with Crippen LogP contribution in [0.1, 0.15) is 188 Å². The van der Waals surface area contributed by atoms with Crippen LogP contribution >= 0.6 is 35.6 Å². The van der Waals surface area contributed by atoms with E-state index in [1.165, 1.54) is 56.1 Å². The van der Waals surface area contributed by atoms with Gasteiger partial charge in [0, 0.05) is 74.1 Å². The standard InChI is InChI=1S/2C24H33ClFN3O4.C17H29N3O4.ClH/c2*1-23(2,3)33-22(30)28(4)15-19-14-21(32-16-17-13-18(25)7-8-20(17)26)29(27-19)12-11-24(31)9-5-6-10-24;1-16(2,3)24-15(22)19(4)12-13-11-14(21)20(18-13)10-9-17(23)7-5-6-8-17;/h2*7-8,13-14,31H,5-6,9-12,15-16H2,1-4H3;23H,5-12H2,1-4H3;1H. The molecular formula is C65H96Cl3F2N9O12. The quantitative estimate of drug-likeness (QED) is 0.0658. The van der Waals surface area contributed by atoms with E-state index >= 15 is 0 Å². The number of aromatic nitrogens is 4. The molecule has 1 aliphatic heterocycles. The van der Waals surface area contributed by atoms with Crippen LogP contribution in [0.3, 0.4) is 0 Å². The Morgan fingerprint density at radius 2 is 0.879 bits per heavy atom. The van der Waals surface area contributed by atoms with Gasteiger partial charge in [0.2, 0.25) is 17.7 Å². The molecule has 3 aliphatic carbocycles. The minimum Gasteiger partial charge on any atom is -0.473 e. The molecule has 26 heteroatoms. The Labute approximate surface area is 551 Å². The number of carbonyl (C=O) groups excluding carboxylic acids is 4. The Hall–Kier alpha value is -5.98. The summed E-state index contributed by atoms with van der Waals surface area (Å²) in [7, 11) is 4.90. The molecule has 0 spiro atoms. The maximum absolute atomic E-state index is 14.1. The summed E-state index contributed by atoms with van der Waals surface area (Å²) in [6.07, 6.45) is 11.3. The molecule has 3 N–H and O–H groups in total. The van der Waals surface area contributed by atoms with Crippen LogP contribution in [0, 0.1) is 11.6 Å². The van der Waals surface area contributed by atoms with Crippen LogP contribution in [-0.4, -0.2) is 152 Å². The van der Waals surface area contributed by atoms with E-state index in [0.717, 1.165) is 77.0 Å². The zero-order valence-electron chi connectivity index (χ0n) is 55.1. The molecule has 0 bridgehead atoms. The first-order chi connectivity index (χ1) is 42.0. The van der Waals surface area contributed by atoms with Crippen molar-refractivity contribution < 1.29 is 67.0 Å². The first-order valence-corrected chi connectivity index (χ1v) is 31.8. The maximum atomic E-state index is 14.1. The Balaban J connectivity index is 0.000000250. The van der Waals surface area contributed by atoms with Crippen molar-refractivity contribution in [3.8, 4) is 11.8 Å². The predicted molar refractivity (Wildman–Crippen MR) is 345 cm³/mol. The van der Waals surface area contributed by atoms with E-state index in [9.17, 15) is 43.3 Å². The lowest BCUT2D eigenvalue weighted by atomic mass is 9.98. The third-order valence-electron chi connectivity index (χ3n) is 15.6. The molecule has 508 valence electrons. The van der Waals surface area contributed by atoms with Crippen LogP contribution in [0.4, 0.5) is 23.2 Å². The first-order valence-electron chi connectivity index (χ1n) is 31.1. The van der Waals surface area contributed by atoms with Gasteiger partial charge in [0.05, 0.1) is 60.0 Å². The lowest BCUT2D eigenvalue weighted by molar-refractivity contribution is -0.129. The van der Waals surface area contributed by atoms with Crippen molar-refractivity contribution in [1.29, 1.82) is 0 Å². The Bertz CT molecular complexity index is 2930. The number of halogens is 5. The fraction of sp³-hybridized carbons (Fsp3) is 0.646. The molecule has 21 nitrogen and oxygen atoms in total. The SMILES string of the molecule is CN(CC1=NN(CCC2(O)CCCC2)C(=O)C1)C(=O)OC(C)(C)C.CN(Cc1cc(OCc2cc(Cl)ccc2F)n(CCC2(O)CCCC2)n1)C(=O)OC(C)(C)C.CN(Cc1cc(OCc2cc(Cl)ccc2F)n(CCC2(O)CCCC2)n1)C(=O)OC(C)(C)C.Cl. The maximum Gasteiger partial charge on any atom is 0.410 e. The minimum atomic E-state index is -0.699. The zero-order valence-corrected chi connectivity index (χ0v) is 57.4. The number of amides is 4. The molecule has 8 rings (SSSR count). The number of hydrazone groups is 1. The van der Waals surface area contributed by atoms with E-state index in [1.54, 1.807) is 42.6 Å². The molecule has 0 radical (unpaired) electrons. The van der Waals surface area contributed by atoms with Crippen molar-refractivity contribution in [2.24, 2.45) is 5.10 Å². The zero-order chi connectivity index (χ0) is 66.4. The molecule has 4 aromatic rings. The second-order valence-electron chi connectivity index (χ2n) is 27.4. The number of aliphatic hydroxyl groups is 3. The van der Waals surface area contributed by atoms with Gasteiger partial charge in [-0.25, -0.2) is 37.5 Å². The van der Waals surface area contributed by atoms with Gasteiger partial charge in [-0.15, -0.1) is 12.4 Å². The molecule has 2 aromatic carbocycles. The van der Waals surface area contributed by atoms with E-state index in [4.69, 9.17) is 46.9 Å². The van der Waals surface area contributed by atoms with Gasteiger partial charge < -0.3 is 53.7 Å².